The normalized spacial score (nSPS) is 23.5. The minimum Gasteiger partial charge on any atom is -0.399 e. The van der Waals surface area contributed by atoms with Crippen LogP contribution in [0.15, 0.2) is 17.0 Å². The number of aliphatic hydroxyl groups excluding tert-OH is 1. The van der Waals surface area contributed by atoms with E-state index in [-0.39, 0.29) is 5.69 Å². The number of hydrogen-bond donors (Lipinski definition) is 2. The molecule has 21 heavy (non-hydrogen) atoms. The van der Waals surface area contributed by atoms with E-state index >= 15 is 0 Å². The number of nitrogens with zero attached hydrogens (tertiary/aromatic N) is 1. The molecule has 1 aromatic carbocycles. The molecule has 0 bridgehead atoms. The Labute approximate surface area is 122 Å². The third-order valence-corrected chi connectivity index (χ3v) is 5.75. The van der Waals surface area contributed by atoms with Crippen molar-refractivity contribution in [3.8, 4) is 0 Å². The first-order chi connectivity index (χ1) is 9.75. The molecule has 0 amide bonds. The van der Waals surface area contributed by atoms with Crippen LogP contribution in [0.1, 0.15) is 25.7 Å². The highest BCUT2D eigenvalue weighted by atomic mass is 32.2. The lowest BCUT2D eigenvalue weighted by molar-refractivity contribution is 0.0636. The number of halogens is 2. The second-order valence-electron chi connectivity index (χ2n) is 5.25. The lowest BCUT2D eigenvalue weighted by Crippen LogP contribution is -2.46. The largest absolute Gasteiger partial charge is 0.399 e. The molecule has 0 aromatic heterocycles. The van der Waals surface area contributed by atoms with Gasteiger partial charge in [-0.3, -0.25) is 0 Å². The SMILES string of the molecule is CN(C1CCCCC1O)S(=O)(=O)c1c(F)cc(N)cc1F. The molecule has 5 nitrogen and oxygen atoms in total. The molecule has 0 spiro atoms. The Kier molecular flexibility index (Phi) is 4.50. The minimum absolute atomic E-state index is 0.190. The number of anilines is 1. The molecule has 8 heteroatoms. The van der Waals surface area contributed by atoms with Gasteiger partial charge in [-0.2, -0.15) is 4.31 Å². The zero-order chi connectivity index (χ0) is 15.8. The Hall–Kier alpha value is -1.25. The average molecular weight is 320 g/mol. The lowest BCUT2D eigenvalue weighted by Gasteiger charge is -2.34. The van der Waals surface area contributed by atoms with Crippen LogP contribution in [0.4, 0.5) is 14.5 Å². The maximum atomic E-state index is 13.8. The van der Waals surface area contributed by atoms with E-state index in [1.54, 1.807) is 0 Å². The Morgan fingerprint density at radius 1 is 1.24 bits per heavy atom. The fraction of sp³-hybridized carbons (Fsp3) is 0.538. The molecule has 2 unspecified atom stereocenters. The molecule has 3 N–H and O–H groups in total. The van der Waals surface area contributed by atoms with Crippen molar-refractivity contribution in [2.75, 3.05) is 12.8 Å². The summed E-state index contributed by atoms with van der Waals surface area (Å²) in [6.07, 6.45) is 1.65. The third kappa shape index (κ3) is 3.02. The smallest absolute Gasteiger partial charge is 0.249 e. The third-order valence-electron chi connectivity index (χ3n) is 3.82. The van der Waals surface area contributed by atoms with Crippen molar-refractivity contribution in [1.29, 1.82) is 0 Å². The molecule has 1 aliphatic carbocycles. The van der Waals surface area contributed by atoms with E-state index in [1.807, 2.05) is 0 Å². The number of sulfonamides is 1. The summed E-state index contributed by atoms with van der Waals surface area (Å²) in [7, 11) is -3.16. The van der Waals surface area contributed by atoms with Crippen molar-refractivity contribution in [3.63, 3.8) is 0 Å². The summed E-state index contributed by atoms with van der Waals surface area (Å²) in [6.45, 7) is 0. The van der Waals surface area contributed by atoms with E-state index < -0.39 is 38.7 Å². The summed E-state index contributed by atoms with van der Waals surface area (Å²) in [5, 5.41) is 9.92. The van der Waals surface area contributed by atoms with Gasteiger partial charge in [0.05, 0.1) is 12.1 Å². The first-order valence-electron chi connectivity index (χ1n) is 6.65. The van der Waals surface area contributed by atoms with Gasteiger partial charge in [0.2, 0.25) is 10.0 Å². The number of hydrogen-bond acceptors (Lipinski definition) is 4. The van der Waals surface area contributed by atoms with Gasteiger partial charge in [0.15, 0.2) is 4.90 Å². The van der Waals surface area contributed by atoms with Crippen molar-refractivity contribution >= 4 is 15.7 Å². The summed E-state index contributed by atoms with van der Waals surface area (Å²) in [4.78, 5) is -1.03. The van der Waals surface area contributed by atoms with Crippen LogP contribution in [0, 0.1) is 11.6 Å². The van der Waals surface area contributed by atoms with Gasteiger partial charge in [-0.15, -0.1) is 0 Å². The summed E-state index contributed by atoms with van der Waals surface area (Å²) in [5.74, 6) is -2.46. The summed E-state index contributed by atoms with van der Waals surface area (Å²) in [6, 6.07) is 0.850. The molecule has 0 radical (unpaired) electrons. The van der Waals surface area contributed by atoms with Gasteiger partial charge in [0.1, 0.15) is 11.6 Å². The molecule has 0 aliphatic heterocycles. The molecular weight excluding hydrogens is 302 g/mol. The number of nitrogen functional groups attached to an aromatic ring is 1. The van der Waals surface area contributed by atoms with Crippen LogP contribution >= 0.6 is 0 Å². The van der Waals surface area contributed by atoms with Gasteiger partial charge in [-0.05, 0) is 25.0 Å². The standard InChI is InChI=1S/C13H18F2N2O3S/c1-17(11-4-2-3-5-12(11)18)21(19,20)13-9(14)6-8(16)7-10(13)15/h6-7,11-12,18H,2-5,16H2,1H3. The predicted octanol–water partition coefficient (Wildman–Crippen LogP) is 1.47. The molecule has 1 saturated carbocycles. The van der Waals surface area contributed by atoms with Crippen LogP contribution < -0.4 is 5.73 Å². The van der Waals surface area contributed by atoms with Crippen LogP contribution in [0.25, 0.3) is 0 Å². The molecule has 1 fully saturated rings. The van der Waals surface area contributed by atoms with Gasteiger partial charge in [-0.25, -0.2) is 17.2 Å². The first-order valence-corrected chi connectivity index (χ1v) is 8.09. The average Bonchev–Trinajstić information content (AvgIpc) is 2.36. The Balaban J connectivity index is 2.42. The molecular formula is C13H18F2N2O3S. The van der Waals surface area contributed by atoms with E-state index in [1.165, 1.54) is 7.05 Å². The van der Waals surface area contributed by atoms with E-state index in [9.17, 15) is 22.3 Å². The highest BCUT2D eigenvalue weighted by Gasteiger charge is 2.37. The molecule has 0 heterocycles. The van der Waals surface area contributed by atoms with Crippen LogP contribution in [0.2, 0.25) is 0 Å². The van der Waals surface area contributed by atoms with E-state index in [2.05, 4.69) is 0 Å². The monoisotopic (exact) mass is 320 g/mol. The fourth-order valence-electron chi connectivity index (χ4n) is 2.66. The number of nitrogens with two attached hydrogens (primary N) is 1. The van der Waals surface area contributed by atoms with Crippen LogP contribution in [-0.2, 0) is 10.0 Å². The highest BCUT2D eigenvalue weighted by molar-refractivity contribution is 7.89. The van der Waals surface area contributed by atoms with E-state index in [4.69, 9.17) is 5.73 Å². The fourth-order valence-corrected chi connectivity index (χ4v) is 4.17. The number of likely N-dealkylation sites (N-methyl/N-ethyl adjacent to an activating group) is 1. The van der Waals surface area contributed by atoms with Crippen LogP contribution in [0.3, 0.4) is 0 Å². The zero-order valence-corrected chi connectivity index (χ0v) is 12.4. The number of rotatable bonds is 3. The van der Waals surface area contributed by atoms with Crippen molar-refractivity contribution in [2.24, 2.45) is 0 Å². The van der Waals surface area contributed by atoms with Gasteiger partial charge in [0, 0.05) is 12.7 Å². The van der Waals surface area contributed by atoms with Crippen molar-refractivity contribution in [2.45, 2.75) is 42.7 Å². The molecule has 118 valence electrons. The highest BCUT2D eigenvalue weighted by Crippen LogP contribution is 2.30. The summed E-state index contributed by atoms with van der Waals surface area (Å²) >= 11 is 0. The summed E-state index contributed by atoms with van der Waals surface area (Å²) in [5.41, 5.74) is 5.09. The number of benzene rings is 1. The quantitative estimate of drug-likeness (QED) is 0.826. The maximum Gasteiger partial charge on any atom is 0.249 e. The van der Waals surface area contributed by atoms with Crippen molar-refractivity contribution in [3.05, 3.63) is 23.8 Å². The summed E-state index contributed by atoms with van der Waals surface area (Å²) < 4.78 is 53.4. The molecule has 1 aliphatic rings. The first kappa shape index (κ1) is 16.1. The van der Waals surface area contributed by atoms with Crippen LogP contribution in [-0.4, -0.2) is 37.0 Å². The van der Waals surface area contributed by atoms with Gasteiger partial charge < -0.3 is 10.8 Å². The lowest BCUT2D eigenvalue weighted by atomic mass is 9.93. The van der Waals surface area contributed by atoms with Gasteiger partial charge in [-0.1, -0.05) is 12.8 Å². The Bertz CT molecular complexity index is 613. The Morgan fingerprint density at radius 3 is 2.29 bits per heavy atom. The number of aliphatic hydroxyl groups is 1. The van der Waals surface area contributed by atoms with Crippen LogP contribution in [0.5, 0.6) is 0 Å². The van der Waals surface area contributed by atoms with Crippen molar-refractivity contribution < 1.29 is 22.3 Å². The van der Waals surface area contributed by atoms with E-state index in [0.717, 1.165) is 29.3 Å². The molecule has 1 aromatic rings. The predicted molar refractivity (Wildman–Crippen MR) is 74.0 cm³/mol. The maximum absolute atomic E-state index is 13.8. The second-order valence-corrected chi connectivity index (χ2v) is 7.19. The van der Waals surface area contributed by atoms with E-state index in [0.29, 0.717) is 12.8 Å². The molecule has 2 atom stereocenters. The minimum atomic E-state index is -4.38. The van der Waals surface area contributed by atoms with Crippen molar-refractivity contribution in [1.82, 2.24) is 4.31 Å². The van der Waals surface area contributed by atoms with Gasteiger partial charge in [0.25, 0.3) is 0 Å². The Morgan fingerprint density at radius 2 is 1.76 bits per heavy atom. The van der Waals surface area contributed by atoms with Gasteiger partial charge >= 0.3 is 0 Å². The second kappa shape index (κ2) is 5.86. The molecule has 2 rings (SSSR count). The topological polar surface area (TPSA) is 83.6 Å². The zero-order valence-electron chi connectivity index (χ0n) is 11.6. The molecule has 0 saturated heterocycles.